The van der Waals surface area contributed by atoms with Crippen molar-refractivity contribution in [1.82, 2.24) is 0 Å². The van der Waals surface area contributed by atoms with E-state index < -0.39 is 0 Å². The van der Waals surface area contributed by atoms with Gasteiger partial charge in [-0.3, -0.25) is 0 Å². The summed E-state index contributed by atoms with van der Waals surface area (Å²) < 4.78 is 5.40. The van der Waals surface area contributed by atoms with Crippen LogP contribution in [-0.2, 0) is 11.7 Å². The van der Waals surface area contributed by atoms with Crippen molar-refractivity contribution < 1.29 is 14.9 Å². The Morgan fingerprint density at radius 1 is 1.29 bits per heavy atom. The Morgan fingerprint density at radius 3 is 2.86 bits per heavy atom. The fourth-order valence-electron chi connectivity index (χ4n) is 1.13. The number of hydrogen-bond acceptors (Lipinski definition) is 2. The van der Waals surface area contributed by atoms with E-state index in [1.165, 1.54) is 0 Å². The van der Waals surface area contributed by atoms with Crippen molar-refractivity contribution in [2.75, 3.05) is 13.2 Å². The smallest absolute Gasteiger partial charge is 0.119 e. The molecule has 0 unspecified atom stereocenters. The van der Waals surface area contributed by atoms with Gasteiger partial charge in [0.25, 0.3) is 0 Å². The molecule has 0 aliphatic heterocycles. The molecule has 1 aromatic carbocycles. The monoisotopic (exact) mass is 195 g/mol. The van der Waals surface area contributed by atoms with Gasteiger partial charge in [-0.2, -0.15) is 0 Å². The molecule has 0 bridgehead atoms. The number of aliphatic hydroxyl groups is 1. The van der Waals surface area contributed by atoms with Crippen LogP contribution in [0.25, 0.3) is 0 Å². The Morgan fingerprint density at radius 2 is 2.14 bits per heavy atom. The summed E-state index contributed by atoms with van der Waals surface area (Å²) >= 11 is 0. The van der Waals surface area contributed by atoms with Crippen molar-refractivity contribution >= 4 is 0 Å². The number of benzene rings is 1. The molecule has 3 heteroatoms. The van der Waals surface area contributed by atoms with Gasteiger partial charge in [-0.15, -0.1) is 0 Å². The second-order valence-corrected chi connectivity index (χ2v) is 3.07. The first-order chi connectivity index (χ1) is 6.86. The third-order valence-corrected chi connectivity index (χ3v) is 1.89. The molecule has 0 aliphatic rings. The molecule has 0 atom stereocenters. The first-order valence-corrected chi connectivity index (χ1v) is 4.77. The second kappa shape index (κ2) is 6.40. The zero-order valence-electron chi connectivity index (χ0n) is 8.11. The number of ether oxygens (including phenoxy) is 1. The maximum Gasteiger partial charge on any atom is 0.119 e. The summed E-state index contributed by atoms with van der Waals surface area (Å²) in [6, 6.07) is 7.19. The van der Waals surface area contributed by atoms with Crippen LogP contribution in [-0.4, -0.2) is 18.3 Å². The van der Waals surface area contributed by atoms with E-state index in [4.69, 9.17) is 9.84 Å². The summed E-state index contributed by atoms with van der Waals surface area (Å²) in [4.78, 5) is 0. The SMILES string of the molecule is [O]Cc1cccc(OCCCCO)c1. The minimum absolute atomic E-state index is 0.198. The van der Waals surface area contributed by atoms with Gasteiger partial charge >= 0.3 is 0 Å². The number of unbranched alkanes of at least 4 members (excludes halogenated alkanes) is 1. The summed E-state index contributed by atoms with van der Waals surface area (Å²) in [7, 11) is 0. The van der Waals surface area contributed by atoms with E-state index in [-0.39, 0.29) is 13.2 Å². The van der Waals surface area contributed by atoms with Crippen molar-refractivity contribution in [3.63, 3.8) is 0 Å². The Kier molecular flexibility index (Phi) is 5.04. The van der Waals surface area contributed by atoms with Gasteiger partial charge in [0.2, 0.25) is 0 Å². The standard InChI is InChI=1S/C11H15O3/c12-6-1-2-7-14-11-5-3-4-10(8-11)9-13/h3-5,8,12H,1-2,6-7,9H2. The number of hydrogen-bond donors (Lipinski definition) is 1. The largest absolute Gasteiger partial charge is 0.494 e. The molecule has 0 aliphatic carbocycles. The summed E-state index contributed by atoms with van der Waals surface area (Å²) in [5.41, 5.74) is 0.740. The van der Waals surface area contributed by atoms with Crippen LogP contribution in [0.15, 0.2) is 24.3 Å². The third-order valence-electron chi connectivity index (χ3n) is 1.89. The molecule has 0 heterocycles. The normalized spacial score (nSPS) is 10.1. The van der Waals surface area contributed by atoms with Crippen molar-refractivity contribution in [3.8, 4) is 5.75 Å². The fraction of sp³-hybridized carbons (Fsp3) is 0.455. The van der Waals surface area contributed by atoms with Crippen LogP contribution >= 0.6 is 0 Å². The lowest BCUT2D eigenvalue weighted by molar-refractivity contribution is 0.177. The molecular formula is C11H15O3. The molecule has 1 radical (unpaired) electrons. The minimum atomic E-state index is -0.214. The van der Waals surface area contributed by atoms with Gasteiger partial charge in [0.1, 0.15) is 12.4 Å². The van der Waals surface area contributed by atoms with Gasteiger partial charge < -0.3 is 9.84 Å². The lowest BCUT2D eigenvalue weighted by Crippen LogP contribution is -1.98. The molecule has 0 spiro atoms. The molecular weight excluding hydrogens is 180 g/mol. The molecule has 1 rings (SSSR count). The predicted octanol–water partition coefficient (Wildman–Crippen LogP) is 1.77. The molecule has 0 amide bonds. The van der Waals surface area contributed by atoms with Crippen molar-refractivity contribution in [3.05, 3.63) is 29.8 Å². The maximum absolute atomic E-state index is 10.6. The lowest BCUT2D eigenvalue weighted by Gasteiger charge is -2.05. The Bertz CT molecular complexity index is 260. The summed E-state index contributed by atoms with van der Waals surface area (Å²) in [6.45, 7) is 0.570. The van der Waals surface area contributed by atoms with Gasteiger partial charge in [0.15, 0.2) is 0 Å². The lowest BCUT2D eigenvalue weighted by atomic mass is 10.2. The van der Waals surface area contributed by atoms with E-state index in [2.05, 4.69) is 0 Å². The van der Waals surface area contributed by atoms with E-state index in [1.807, 2.05) is 12.1 Å². The highest BCUT2D eigenvalue weighted by molar-refractivity contribution is 5.27. The summed E-state index contributed by atoms with van der Waals surface area (Å²) in [5, 5.41) is 19.1. The zero-order valence-corrected chi connectivity index (χ0v) is 8.11. The zero-order chi connectivity index (χ0) is 10.2. The molecule has 0 saturated heterocycles. The number of aliphatic hydroxyl groups excluding tert-OH is 1. The molecule has 0 fully saturated rings. The molecule has 1 aromatic rings. The Hall–Kier alpha value is -1.06. The van der Waals surface area contributed by atoms with Gasteiger partial charge in [-0.1, -0.05) is 12.1 Å². The molecule has 1 N–H and O–H groups in total. The molecule has 0 saturated carbocycles. The summed E-state index contributed by atoms with van der Waals surface area (Å²) in [6.07, 6.45) is 1.58. The minimum Gasteiger partial charge on any atom is -0.494 e. The third kappa shape index (κ3) is 3.77. The average molecular weight is 195 g/mol. The van der Waals surface area contributed by atoms with Crippen LogP contribution < -0.4 is 4.74 Å². The van der Waals surface area contributed by atoms with Crippen LogP contribution in [0.2, 0.25) is 0 Å². The van der Waals surface area contributed by atoms with Gasteiger partial charge in [0.05, 0.1) is 6.61 Å². The van der Waals surface area contributed by atoms with Crippen LogP contribution in [0.1, 0.15) is 18.4 Å². The first kappa shape index (κ1) is 11.0. The highest BCUT2D eigenvalue weighted by Crippen LogP contribution is 2.13. The van der Waals surface area contributed by atoms with Crippen LogP contribution in [0.4, 0.5) is 0 Å². The van der Waals surface area contributed by atoms with E-state index >= 15 is 0 Å². The van der Waals surface area contributed by atoms with Crippen LogP contribution in [0, 0.1) is 0 Å². The van der Waals surface area contributed by atoms with E-state index in [9.17, 15) is 5.11 Å². The quantitative estimate of drug-likeness (QED) is 0.703. The van der Waals surface area contributed by atoms with Gasteiger partial charge in [-0.05, 0) is 30.5 Å². The fourth-order valence-corrected chi connectivity index (χ4v) is 1.13. The molecule has 3 nitrogen and oxygen atoms in total. The Balaban J connectivity index is 2.34. The Labute approximate surface area is 84.0 Å². The second-order valence-electron chi connectivity index (χ2n) is 3.07. The van der Waals surface area contributed by atoms with Gasteiger partial charge in [0, 0.05) is 6.61 Å². The highest BCUT2D eigenvalue weighted by atomic mass is 16.5. The van der Waals surface area contributed by atoms with Crippen LogP contribution in [0.5, 0.6) is 5.75 Å². The van der Waals surface area contributed by atoms with Crippen molar-refractivity contribution in [1.29, 1.82) is 0 Å². The average Bonchev–Trinajstić information content (AvgIpc) is 2.25. The van der Waals surface area contributed by atoms with Gasteiger partial charge in [-0.25, -0.2) is 5.11 Å². The topological polar surface area (TPSA) is 49.4 Å². The first-order valence-electron chi connectivity index (χ1n) is 4.77. The molecule has 14 heavy (non-hydrogen) atoms. The predicted molar refractivity (Wildman–Crippen MR) is 52.6 cm³/mol. The van der Waals surface area contributed by atoms with Crippen LogP contribution in [0.3, 0.4) is 0 Å². The molecule has 0 aromatic heterocycles. The van der Waals surface area contributed by atoms with Crippen molar-refractivity contribution in [2.45, 2.75) is 19.4 Å². The number of rotatable bonds is 6. The molecule has 77 valence electrons. The van der Waals surface area contributed by atoms with E-state index in [0.29, 0.717) is 6.61 Å². The highest BCUT2D eigenvalue weighted by Gasteiger charge is 1.96. The van der Waals surface area contributed by atoms with E-state index in [0.717, 1.165) is 24.2 Å². The maximum atomic E-state index is 10.6. The van der Waals surface area contributed by atoms with Crippen molar-refractivity contribution in [2.24, 2.45) is 0 Å². The summed E-state index contributed by atoms with van der Waals surface area (Å²) in [5.74, 6) is 0.733. The van der Waals surface area contributed by atoms with E-state index in [1.54, 1.807) is 12.1 Å².